The average Bonchev–Trinajstić information content (AvgIpc) is 3.77. The molecular weight excluding hydrogens is 787 g/mol. The van der Waals surface area contributed by atoms with Gasteiger partial charge in [-0.05, 0) is 82.2 Å². The summed E-state index contributed by atoms with van der Waals surface area (Å²) >= 11 is 0. The molecule has 2 saturated heterocycles. The number of amides is 7. The van der Waals surface area contributed by atoms with Gasteiger partial charge in [-0.2, -0.15) is 0 Å². The molecule has 4 N–H and O–H groups in total. The third-order valence-electron chi connectivity index (χ3n) is 11.7. The Balaban J connectivity index is 0.702. The standard InChI is InChI=1S/C42H47N11O8/c1-24-6-5-7-31(47-24)39(57)49-26-18-27(19-26)52-23-46-36-37(44-22-45-38(36)52)48-25-13-16-51(17-14-25)35(56)8-3-2-4-15-43-34(55)21-61-28-9-10-29-30(20-28)42(60)53(41(29)59)32-11-12-33(54)50-40(32)58/h5-7,9-10,20,22-23,25-27,32H,2-4,8,11-19,21H2,1H3,(H,43,55)(H,49,57)(H,44,45,48)(H,50,54,58)/t26?,27?,32-/m0/s1. The van der Waals surface area contributed by atoms with E-state index in [-0.39, 0.29) is 72.2 Å². The van der Waals surface area contributed by atoms with Crippen molar-refractivity contribution in [3.63, 3.8) is 0 Å². The van der Waals surface area contributed by atoms with Gasteiger partial charge in [0.05, 0.1) is 17.5 Å². The summed E-state index contributed by atoms with van der Waals surface area (Å²) in [6.45, 7) is 3.23. The second-order valence-corrected chi connectivity index (χ2v) is 15.9. The van der Waals surface area contributed by atoms with Gasteiger partial charge in [0.2, 0.25) is 17.7 Å². The van der Waals surface area contributed by atoms with Crippen molar-refractivity contribution in [3.05, 3.63) is 71.6 Å². The number of likely N-dealkylation sites (tertiary alicyclic amines) is 1. The molecule has 0 unspecified atom stereocenters. The molecule has 1 aromatic carbocycles. The molecule has 7 amide bonds. The Hall–Kier alpha value is -6.79. The molecule has 0 radical (unpaired) electrons. The normalized spacial score (nSPS) is 20.2. The summed E-state index contributed by atoms with van der Waals surface area (Å²) in [4.78, 5) is 109. The number of unbranched alkanes of at least 4 members (excludes halogenated alkanes) is 2. The van der Waals surface area contributed by atoms with Crippen molar-refractivity contribution >= 4 is 58.3 Å². The molecule has 1 atom stereocenters. The van der Waals surface area contributed by atoms with E-state index in [2.05, 4.69) is 45.8 Å². The summed E-state index contributed by atoms with van der Waals surface area (Å²) in [7, 11) is 0. The average molecular weight is 834 g/mol. The van der Waals surface area contributed by atoms with E-state index < -0.39 is 29.7 Å². The monoisotopic (exact) mass is 833 g/mol. The van der Waals surface area contributed by atoms with Crippen LogP contribution >= 0.6 is 0 Å². The zero-order valence-corrected chi connectivity index (χ0v) is 33.7. The van der Waals surface area contributed by atoms with Crippen LogP contribution in [0.2, 0.25) is 0 Å². The van der Waals surface area contributed by atoms with Crippen LogP contribution in [0.4, 0.5) is 5.82 Å². The summed E-state index contributed by atoms with van der Waals surface area (Å²) in [5, 5.41) is 11.6. The molecule has 0 bridgehead atoms. The van der Waals surface area contributed by atoms with E-state index in [0.29, 0.717) is 55.9 Å². The molecule has 3 aliphatic heterocycles. The van der Waals surface area contributed by atoms with Crippen LogP contribution in [0, 0.1) is 6.92 Å². The van der Waals surface area contributed by atoms with E-state index in [9.17, 15) is 33.6 Å². The Morgan fingerprint density at radius 3 is 2.49 bits per heavy atom. The number of hydrogen-bond acceptors (Lipinski definition) is 13. The first-order valence-corrected chi connectivity index (χ1v) is 20.7. The molecule has 19 heteroatoms. The highest BCUT2D eigenvalue weighted by Gasteiger charge is 2.45. The minimum atomic E-state index is -1.07. The van der Waals surface area contributed by atoms with Gasteiger partial charge >= 0.3 is 0 Å². The quantitative estimate of drug-likeness (QED) is 0.0994. The first-order chi connectivity index (χ1) is 29.5. The first kappa shape index (κ1) is 41.0. The zero-order valence-electron chi connectivity index (χ0n) is 33.7. The van der Waals surface area contributed by atoms with Gasteiger partial charge in [-0.1, -0.05) is 12.5 Å². The number of rotatable bonds is 15. The minimum Gasteiger partial charge on any atom is -0.484 e. The molecular formula is C42H47N11O8. The Morgan fingerprint density at radius 1 is 0.902 bits per heavy atom. The Labute approximate surface area is 350 Å². The number of aromatic nitrogens is 5. The number of benzene rings is 1. The van der Waals surface area contributed by atoms with E-state index in [1.807, 2.05) is 24.0 Å². The highest BCUT2D eigenvalue weighted by molar-refractivity contribution is 6.23. The van der Waals surface area contributed by atoms with Crippen LogP contribution in [0.3, 0.4) is 0 Å². The summed E-state index contributed by atoms with van der Waals surface area (Å²) in [6.07, 6.45) is 9.04. The van der Waals surface area contributed by atoms with Gasteiger partial charge in [-0.15, -0.1) is 0 Å². The predicted molar refractivity (Wildman–Crippen MR) is 217 cm³/mol. The van der Waals surface area contributed by atoms with Crippen LogP contribution in [0.25, 0.3) is 11.2 Å². The van der Waals surface area contributed by atoms with Crippen LogP contribution in [-0.2, 0) is 19.2 Å². The lowest BCUT2D eigenvalue weighted by Crippen LogP contribution is -2.54. The molecule has 8 rings (SSSR count). The zero-order chi connectivity index (χ0) is 42.6. The van der Waals surface area contributed by atoms with Crippen molar-refractivity contribution in [2.75, 3.05) is 31.6 Å². The maximum atomic E-state index is 13.0. The van der Waals surface area contributed by atoms with Gasteiger partial charge in [0.1, 0.15) is 29.3 Å². The number of imide groups is 2. The molecule has 4 aliphatic rings. The number of piperidine rings is 2. The van der Waals surface area contributed by atoms with Crippen LogP contribution in [0.5, 0.6) is 5.75 Å². The maximum absolute atomic E-state index is 13.0. The summed E-state index contributed by atoms with van der Waals surface area (Å²) in [6, 6.07) is 8.95. The Kier molecular flexibility index (Phi) is 12.0. The van der Waals surface area contributed by atoms with Gasteiger partial charge in [0.15, 0.2) is 18.1 Å². The molecule has 1 aliphatic carbocycles. The molecule has 4 aromatic rings. The van der Waals surface area contributed by atoms with Crippen molar-refractivity contribution in [1.29, 1.82) is 0 Å². The van der Waals surface area contributed by atoms with E-state index in [1.54, 1.807) is 12.4 Å². The van der Waals surface area contributed by atoms with Gasteiger partial charge < -0.3 is 30.2 Å². The van der Waals surface area contributed by atoms with E-state index in [4.69, 9.17) is 4.74 Å². The molecule has 1 saturated carbocycles. The number of pyridine rings is 1. The van der Waals surface area contributed by atoms with Crippen molar-refractivity contribution in [3.8, 4) is 5.75 Å². The number of anilines is 1. The molecule has 0 spiro atoms. The number of nitrogens with zero attached hydrogens (tertiary/aromatic N) is 7. The number of ether oxygens (including phenoxy) is 1. The topological polar surface area (TPSA) is 240 Å². The Bertz CT molecular complexity index is 2390. The van der Waals surface area contributed by atoms with Crippen LogP contribution in [0.15, 0.2) is 49.1 Å². The lowest BCUT2D eigenvalue weighted by atomic mass is 9.86. The molecule has 3 aromatic heterocycles. The number of imidazole rings is 1. The summed E-state index contributed by atoms with van der Waals surface area (Å²) in [5.41, 5.74) is 2.84. The molecule has 6 heterocycles. The molecule has 318 valence electrons. The molecule has 3 fully saturated rings. The summed E-state index contributed by atoms with van der Waals surface area (Å²) in [5.74, 6) is -1.95. The number of carbonyl (C=O) groups is 7. The predicted octanol–water partition coefficient (Wildman–Crippen LogP) is 2.22. The molecule has 19 nitrogen and oxygen atoms in total. The van der Waals surface area contributed by atoms with Crippen LogP contribution in [0.1, 0.15) is 107 Å². The van der Waals surface area contributed by atoms with E-state index in [1.165, 1.54) is 24.5 Å². The SMILES string of the molecule is Cc1cccc(C(=O)NC2CC(n3cnc4c(NC5CCN(C(=O)CCCCCNC(=O)COc6ccc7c(c6)C(=O)N([C@H]6CCC(=O)NC6=O)C7=O)CC5)ncnc43)C2)n1. The van der Waals surface area contributed by atoms with Crippen molar-refractivity contribution in [2.45, 2.75) is 95.3 Å². The lowest BCUT2D eigenvalue weighted by Gasteiger charge is -2.36. The number of aryl methyl sites for hydroxylation is 1. The minimum absolute atomic E-state index is 0.0255. The third kappa shape index (κ3) is 9.04. The van der Waals surface area contributed by atoms with E-state index in [0.717, 1.165) is 48.3 Å². The van der Waals surface area contributed by atoms with Gasteiger partial charge in [-0.25, -0.2) is 19.9 Å². The fraction of sp³-hybridized carbons (Fsp3) is 0.452. The van der Waals surface area contributed by atoms with Crippen molar-refractivity contribution in [1.82, 2.24) is 50.3 Å². The van der Waals surface area contributed by atoms with Gasteiger partial charge in [-0.3, -0.25) is 43.8 Å². The van der Waals surface area contributed by atoms with Gasteiger partial charge in [0, 0.05) is 56.3 Å². The Morgan fingerprint density at radius 2 is 1.70 bits per heavy atom. The number of nitrogens with one attached hydrogen (secondary N) is 4. The second kappa shape index (κ2) is 17.8. The fourth-order valence-corrected chi connectivity index (χ4v) is 8.26. The summed E-state index contributed by atoms with van der Waals surface area (Å²) < 4.78 is 7.63. The number of fused-ring (bicyclic) bond motifs is 2. The third-order valence-corrected chi connectivity index (χ3v) is 11.7. The maximum Gasteiger partial charge on any atom is 0.270 e. The van der Waals surface area contributed by atoms with Crippen LogP contribution < -0.4 is 26.0 Å². The lowest BCUT2D eigenvalue weighted by molar-refractivity contribution is -0.136. The number of hydrogen-bond donors (Lipinski definition) is 4. The fourth-order valence-electron chi connectivity index (χ4n) is 8.26. The number of carbonyl (C=O) groups excluding carboxylic acids is 7. The smallest absolute Gasteiger partial charge is 0.270 e. The molecule has 61 heavy (non-hydrogen) atoms. The van der Waals surface area contributed by atoms with Gasteiger partial charge in [0.25, 0.3) is 23.6 Å². The van der Waals surface area contributed by atoms with Crippen LogP contribution in [-0.4, -0.2) is 120 Å². The van der Waals surface area contributed by atoms with Crippen molar-refractivity contribution < 1.29 is 38.3 Å². The highest BCUT2D eigenvalue weighted by atomic mass is 16.5. The highest BCUT2D eigenvalue weighted by Crippen LogP contribution is 2.35. The van der Waals surface area contributed by atoms with E-state index >= 15 is 0 Å². The first-order valence-electron chi connectivity index (χ1n) is 20.7. The largest absolute Gasteiger partial charge is 0.484 e. The second-order valence-electron chi connectivity index (χ2n) is 15.9. The van der Waals surface area contributed by atoms with Crippen molar-refractivity contribution in [2.24, 2.45) is 0 Å².